The molecule has 0 aromatic heterocycles. The van der Waals surface area contributed by atoms with Gasteiger partial charge in [0.25, 0.3) is 0 Å². The molecule has 0 aliphatic carbocycles. The van der Waals surface area contributed by atoms with Gasteiger partial charge in [-0.15, -0.1) is 0 Å². The molecule has 0 N–H and O–H groups in total. The van der Waals surface area contributed by atoms with Gasteiger partial charge in [0.15, 0.2) is 11.5 Å². The summed E-state index contributed by atoms with van der Waals surface area (Å²) < 4.78 is 34.8. The second-order valence-electron chi connectivity index (χ2n) is 3.50. The van der Waals surface area contributed by atoms with Crippen LogP contribution in [0.3, 0.4) is 0 Å². The van der Waals surface area contributed by atoms with Crippen LogP contribution < -0.4 is 0 Å². The van der Waals surface area contributed by atoms with Crippen LogP contribution in [0.5, 0.6) is 0 Å². The number of alkyl halides is 1. The molecule has 0 radical (unpaired) electrons. The van der Waals surface area contributed by atoms with E-state index in [-0.39, 0.29) is 13.2 Å². The van der Waals surface area contributed by atoms with Gasteiger partial charge < -0.3 is 9.05 Å². The summed E-state index contributed by atoms with van der Waals surface area (Å²) in [5, 5.41) is 0. The zero-order valence-corrected chi connectivity index (χ0v) is 10.5. The van der Waals surface area contributed by atoms with Gasteiger partial charge in [-0.05, 0) is 27.7 Å². The fourth-order valence-electron chi connectivity index (χ4n) is 0.886. The van der Waals surface area contributed by atoms with Crippen LogP contribution in [0.15, 0.2) is 0 Å². The minimum Gasteiger partial charge on any atom is -0.309 e. The third kappa shape index (κ3) is 5.40. The van der Waals surface area contributed by atoms with Gasteiger partial charge in [-0.1, -0.05) is 0 Å². The number of ketones is 1. The van der Waals surface area contributed by atoms with Gasteiger partial charge in [0.05, 0.1) is 13.2 Å². The van der Waals surface area contributed by atoms with E-state index >= 15 is 0 Å². The van der Waals surface area contributed by atoms with Crippen LogP contribution in [0.1, 0.15) is 27.7 Å². The summed E-state index contributed by atoms with van der Waals surface area (Å²) in [7, 11) is -3.46. The van der Waals surface area contributed by atoms with Gasteiger partial charge in [-0.2, -0.15) is 0 Å². The molecule has 4 nitrogen and oxygen atoms in total. The van der Waals surface area contributed by atoms with Crippen molar-refractivity contribution in [1.29, 1.82) is 0 Å². The predicted molar refractivity (Wildman–Crippen MR) is 55.9 cm³/mol. The molecule has 90 valence electrons. The van der Waals surface area contributed by atoms with Gasteiger partial charge in [0.1, 0.15) is 6.16 Å². The molecule has 0 atom stereocenters. The van der Waals surface area contributed by atoms with Crippen molar-refractivity contribution in [1.82, 2.24) is 0 Å². The largest absolute Gasteiger partial charge is 0.338 e. The Bertz CT molecular complexity index is 249. The molecule has 0 rings (SSSR count). The Morgan fingerprint density at radius 2 is 1.67 bits per heavy atom. The van der Waals surface area contributed by atoms with E-state index in [4.69, 9.17) is 9.05 Å². The molecule has 0 amide bonds. The highest BCUT2D eigenvalue weighted by Gasteiger charge is 2.35. The Labute approximate surface area is 89.7 Å². The molecule has 0 unspecified atom stereocenters. The Kier molecular flexibility index (Phi) is 5.63. The molecule has 0 aliphatic rings. The lowest BCUT2D eigenvalue weighted by atomic mass is 10.1. The number of halogens is 1. The van der Waals surface area contributed by atoms with Gasteiger partial charge in [0.2, 0.25) is 0 Å². The molecule has 0 aromatic rings. The molecule has 0 fully saturated rings. The van der Waals surface area contributed by atoms with Gasteiger partial charge in [-0.25, -0.2) is 4.39 Å². The molecule has 15 heavy (non-hydrogen) atoms. The lowest BCUT2D eigenvalue weighted by Crippen LogP contribution is -2.29. The van der Waals surface area contributed by atoms with Crippen LogP contribution >= 0.6 is 7.60 Å². The molecule has 0 bridgehead atoms. The summed E-state index contributed by atoms with van der Waals surface area (Å²) in [6.07, 6.45) is -0.516. The summed E-state index contributed by atoms with van der Waals surface area (Å²) in [5.41, 5.74) is -2.01. The minimum atomic E-state index is -3.46. The van der Waals surface area contributed by atoms with Crippen molar-refractivity contribution in [3.63, 3.8) is 0 Å². The van der Waals surface area contributed by atoms with Crippen LogP contribution in [0, 0.1) is 0 Å². The fourth-order valence-corrected chi connectivity index (χ4v) is 2.66. The maximum atomic E-state index is 13.2. The van der Waals surface area contributed by atoms with E-state index in [1.807, 2.05) is 0 Å². The van der Waals surface area contributed by atoms with E-state index in [0.29, 0.717) is 0 Å². The number of rotatable bonds is 7. The van der Waals surface area contributed by atoms with Crippen molar-refractivity contribution in [3.8, 4) is 0 Å². The number of carbonyl (C=O) groups is 1. The van der Waals surface area contributed by atoms with Crippen LogP contribution in [-0.2, 0) is 18.4 Å². The molecular formula is C9H18FO4P. The van der Waals surface area contributed by atoms with E-state index in [1.54, 1.807) is 13.8 Å². The van der Waals surface area contributed by atoms with Crippen LogP contribution in [0.4, 0.5) is 4.39 Å². The fraction of sp³-hybridized carbons (Fsp3) is 0.889. The van der Waals surface area contributed by atoms with Gasteiger partial charge in [-0.3, -0.25) is 9.36 Å². The number of Topliss-reactive ketones (excluding diaryl/α,β-unsaturated/α-hetero) is 1. The molecule has 0 aromatic carbocycles. The third-order valence-corrected chi connectivity index (χ3v) is 3.63. The van der Waals surface area contributed by atoms with Gasteiger partial charge >= 0.3 is 7.60 Å². The van der Waals surface area contributed by atoms with E-state index in [2.05, 4.69) is 0 Å². The van der Waals surface area contributed by atoms with Crippen molar-refractivity contribution in [2.75, 3.05) is 19.4 Å². The van der Waals surface area contributed by atoms with Crippen LogP contribution in [-0.4, -0.2) is 30.8 Å². The zero-order valence-electron chi connectivity index (χ0n) is 9.58. The first-order chi connectivity index (χ1) is 6.75. The van der Waals surface area contributed by atoms with E-state index < -0.39 is 25.2 Å². The maximum Gasteiger partial charge on any atom is 0.338 e. The number of hydrogen-bond acceptors (Lipinski definition) is 4. The highest BCUT2D eigenvalue weighted by atomic mass is 31.2. The number of hydrogen-bond donors (Lipinski definition) is 0. The highest BCUT2D eigenvalue weighted by molar-refractivity contribution is 7.54. The van der Waals surface area contributed by atoms with E-state index in [9.17, 15) is 13.8 Å². The Morgan fingerprint density at radius 3 is 1.93 bits per heavy atom. The normalized spacial score (nSPS) is 12.9. The second-order valence-corrected chi connectivity index (χ2v) is 5.55. The molecule has 6 heteroatoms. The van der Waals surface area contributed by atoms with Crippen molar-refractivity contribution in [2.45, 2.75) is 33.4 Å². The number of carbonyl (C=O) groups excluding carboxylic acids is 1. The van der Waals surface area contributed by atoms with E-state index in [0.717, 1.165) is 13.8 Å². The standard InChI is InChI=1S/C9H18FO4P/c1-5-13-15(12,14-6-2)7-8(11)9(3,4)10/h5-7H2,1-4H3. The Morgan fingerprint density at radius 1 is 1.27 bits per heavy atom. The predicted octanol–water partition coefficient (Wildman–Crippen LogP) is 2.57. The third-order valence-electron chi connectivity index (χ3n) is 1.65. The van der Waals surface area contributed by atoms with Gasteiger partial charge in [0, 0.05) is 0 Å². The van der Waals surface area contributed by atoms with Crippen molar-refractivity contribution < 1.29 is 22.8 Å². The first-order valence-electron chi connectivity index (χ1n) is 4.85. The Hall–Kier alpha value is -0.250. The van der Waals surface area contributed by atoms with Crippen LogP contribution in [0.2, 0.25) is 0 Å². The first kappa shape index (κ1) is 14.8. The first-order valence-corrected chi connectivity index (χ1v) is 6.58. The molecule has 0 heterocycles. The second kappa shape index (κ2) is 5.73. The summed E-state index contributed by atoms with van der Waals surface area (Å²) in [6, 6.07) is 0. The highest BCUT2D eigenvalue weighted by Crippen LogP contribution is 2.48. The van der Waals surface area contributed by atoms with Crippen molar-refractivity contribution in [2.24, 2.45) is 0 Å². The minimum absolute atomic E-state index is 0.164. The summed E-state index contributed by atoms with van der Waals surface area (Å²) >= 11 is 0. The maximum absolute atomic E-state index is 13.2. The summed E-state index contributed by atoms with van der Waals surface area (Å²) in [5.74, 6) is -0.771. The molecule has 0 saturated heterocycles. The van der Waals surface area contributed by atoms with E-state index in [1.165, 1.54) is 0 Å². The average Bonchev–Trinajstić information content (AvgIpc) is 2.02. The monoisotopic (exact) mass is 240 g/mol. The van der Waals surface area contributed by atoms with Crippen molar-refractivity contribution >= 4 is 13.4 Å². The lowest BCUT2D eigenvalue weighted by molar-refractivity contribution is -0.126. The summed E-state index contributed by atoms with van der Waals surface area (Å²) in [6.45, 7) is 5.84. The smallest absolute Gasteiger partial charge is 0.309 e. The molecular weight excluding hydrogens is 222 g/mol. The van der Waals surface area contributed by atoms with Crippen LogP contribution in [0.25, 0.3) is 0 Å². The average molecular weight is 240 g/mol. The SMILES string of the molecule is CCOP(=O)(CC(=O)C(C)(C)F)OCC. The quantitative estimate of drug-likeness (QED) is 0.642. The topological polar surface area (TPSA) is 52.6 Å². The zero-order chi connectivity index (χ0) is 12.1. The summed E-state index contributed by atoms with van der Waals surface area (Å²) in [4.78, 5) is 11.3. The Balaban J connectivity index is 4.55. The van der Waals surface area contributed by atoms with Crippen molar-refractivity contribution in [3.05, 3.63) is 0 Å². The molecule has 0 aliphatic heterocycles. The lowest BCUT2D eigenvalue weighted by Gasteiger charge is -2.19. The molecule has 0 saturated carbocycles. The molecule has 0 spiro atoms.